The number of oxime groups is 1. The van der Waals surface area contributed by atoms with Crippen LogP contribution in [0.5, 0.6) is 0 Å². The molecule has 0 radical (unpaired) electrons. The Morgan fingerprint density at radius 2 is 1.87 bits per heavy atom. The normalized spacial score (nSPS) is 45.4. The number of aliphatic hydroxyl groups is 1. The number of rotatable bonds is 4. The standard InChI is InChI=1S/C21H22ClNO7Se/c1-21(2)28-18-17-16(27-20(18)29-21)11(23-30-17)12(24)9-13(25)15-10(22)19(14(9)26-15)31-8-6-4-3-5-7-8/h3-7,9-10,12,14-20,24H,1-2H3/t9-,10-,12+,14-,15-,16+,17-,18+,19+,20+/m1/s1. The zero-order chi connectivity index (χ0) is 21.5. The number of nitrogens with zero attached hydrogens (tertiary/aromatic N) is 1. The summed E-state index contributed by atoms with van der Waals surface area (Å²) in [5.74, 6) is -1.71. The summed E-state index contributed by atoms with van der Waals surface area (Å²) in [5.41, 5.74) is 0.288. The van der Waals surface area contributed by atoms with Crippen molar-refractivity contribution in [3.63, 3.8) is 0 Å². The molecule has 4 fully saturated rings. The van der Waals surface area contributed by atoms with Crippen LogP contribution in [-0.4, -0.2) is 85.6 Å². The Hall–Kier alpha value is -1.03. The summed E-state index contributed by atoms with van der Waals surface area (Å²) in [4.78, 5) is 18.5. The summed E-state index contributed by atoms with van der Waals surface area (Å²) >= 11 is 6.60. The van der Waals surface area contributed by atoms with E-state index >= 15 is 0 Å². The molecule has 0 saturated carbocycles. The van der Waals surface area contributed by atoms with E-state index < -0.39 is 60.0 Å². The summed E-state index contributed by atoms with van der Waals surface area (Å²) in [6.45, 7) is 3.61. The molecule has 0 aromatic heterocycles. The van der Waals surface area contributed by atoms with Gasteiger partial charge in [0.05, 0.1) is 0 Å². The monoisotopic (exact) mass is 515 g/mol. The second-order valence-corrected chi connectivity index (χ2v) is 12.0. The van der Waals surface area contributed by atoms with Crippen LogP contribution in [0.25, 0.3) is 0 Å². The number of Topliss-reactive ketones (excluding diaryl/α,β-unsaturated/α-hetero) is 1. The van der Waals surface area contributed by atoms with Crippen LogP contribution in [0.3, 0.4) is 0 Å². The summed E-state index contributed by atoms with van der Waals surface area (Å²) in [5, 5.41) is 14.9. The number of alkyl halides is 1. The van der Waals surface area contributed by atoms with Gasteiger partial charge in [0.25, 0.3) is 0 Å². The number of fused-ring (bicyclic) bond motifs is 5. The van der Waals surface area contributed by atoms with Gasteiger partial charge in [-0.2, -0.15) is 0 Å². The van der Waals surface area contributed by atoms with Crippen molar-refractivity contribution in [2.24, 2.45) is 11.1 Å². The van der Waals surface area contributed by atoms with E-state index in [1.54, 1.807) is 13.8 Å². The van der Waals surface area contributed by atoms with Gasteiger partial charge in [0.15, 0.2) is 0 Å². The van der Waals surface area contributed by atoms with Crippen LogP contribution in [0.4, 0.5) is 0 Å². The quantitative estimate of drug-likeness (QED) is 0.458. The van der Waals surface area contributed by atoms with Crippen LogP contribution in [0, 0.1) is 5.92 Å². The van der Waals surface area contributed by atoms with E-state index in [-0.39, 0.29) is 31.3 Å². The molecule has 10 heteroatoms. The number of hydrogen-bond acceptors (Lipinski definition) is 8. The molecule has 1 aromatic rings. The fourth-order valence-corrected chi connectivity index (χ4v) is 8.33. The van der Waals surface area contributed by atoms with Crippen LogP contribution < -0.4 is 4.46 Å². The molecule has 0 aliphatic carbocycles. The molecule has 2 bridgehead atoms. The minimum absolute atomic E-state index is 0.00354. The number of aliphatic hydroxyl groups excluding tert-OH is 1. The number of carbonyl (C=O) groups excluding carboxylic acids is 1. The molecule has 8 nitrogen and oxygen atoms in total. The van der Waals surface area contributed by atoms with Crippen molar-refractivity contribution in [2.75, 3.05) is 0 Å². The van der Waals surface area contributed by atoms with Gasteiger partial charge in [0.2, 0.25) is 0 Å². The third-order valence-corrected chi connectivity index (χ3v) is 10.1. The molecule has 1 N–H and O–H groups in total. The molecule has 5 heterocycles. The van der Waals surface area contributed by atoms with Gasteiger partial charge >= 0.3 is 190 Å². The van der Waals surface area contributed by atoms with E-state index in [1.165, 1.54) is 4.46 Å². The van der Waals surface area contributed by atoms with Crippen LogP contribution in [0.15, 0.2) is 35.5 Å². The van der Waals surface area contributed by atoms with Crippen LogP contribution in [-0.2, 0) is 28.6 Å². The zero-order valence-corrected chi connectivity index (χ0v) is 19.3. The first-order chi connectivity index (χ1) is 14.8. The molecular formula is C21H22ClNO7Se. The number of hydrogen-bond donors (Lipinski definition) is 1. The molecule has 5 aliphatic heterocycles. The fourth-order valence-electron chi connectivity index (χ4n) is 5.08. The first kappa shape index (κ1) is 20.6. The van der Waals surface area contributed by atoms with Crippen molar-refractivity contribution in [2.45, 2.75) is 72.7 Å². The molecule has 5 aliphatic rings. The van der Waals surface area contributed by atoms with Crippen molar-refractivity contribution in [1.29, 1.82) is 0 Å². The van der Waals surface area contributed by atoms with Gasteiger partial charge in [0, 0.05) is 0 Å². The second kappa shape index (κ2) is 7.23. The van der Waals surface area contributed by atoms with Crippen molar-refractivity contribution in [3.8, 4) is 0 Å². The van der Waals surface area contributed by atoms with Crippen molar-refractivity contribution in [3.05, 3.63) is 30.3 Å². The molecule has 4 saturated heterocycles. The molecule has 31 heavy (non-hydrogen) atoms. The maximum atomic E-state index is 13.0. The van der Waals surface area contributed by atoms with E-state index in [9.17, 15) is 9.90 Å². The van der Waals surface area contributed by atoms with E-state index in [4.69, 9.17) is 35.4 Å². The molecule has 10 atom stereocenters. The number of benzene rings is 1. The third-order valence-electron chi connectivity index (χ3n) is 6.41. The molecule has 0 unspecified atom stereocenters. The summed E-state index contributed by atoms with van der Waals surface area (Å²) in [6.07, 6.45) is -4.55. The maximum absolute atomic E-state index is 13.0. The van der Waals surface area contributed by atoms with Crippen molar-refractivity contribution < 1.29 is 33.7 Å². The van der Waals surface area contributed by atoms with Gasteiger partial charge in [-0.1, -0.05) is 0 Å². The third kappa shape index (κ3) is 3.14. The summed E-state index contributed by atoms with van der Waals surface area (Å²) in [7, 11) is 0. The van der Waals surface area contributed by atoms with Gasteiger partial charge in [-0.25, -0.2) is 0 Å². The van der Waals surface area contributed by atoms with E-state index in [0.717, 1.165) is 0 Å². The predicted molar refractivity (Wildman–Crippen MR) is 109 cm³/mol. The Bertz CT molecular complexity index is 930. The van der Waals surface area contributed by atoms with Crippen LogP contribution >= 0.6 is 11.6 Å². The molecule has 0 amide bonds. The molecule has 166 valence electrons. The topological polar surface area (TPSA) is 95.8 Å². The van der Waals surface area contributed by atoms with Crippen LogP contribution in [0.2, 0.25) is 4.82 Å². The van der Waals surface area contributed by atoms with Gasteiger partial charge in [-0.05, 0) is 0 Å². The SMILES string of the molecule is CC1(C)O[C@@H]2O[C@H]3C([C@@H](O)[C@@H]4C(=O)[C@@H]5O[C@H]4[C@@H]([Se]c4ccccc4)[C@@H]5Cl)=NO[C@H]3[C@@H]2O1. The first-order valence-corrected chi connectivity index (χ1v) is 12.6. The average molecular weight is 515 g/mol. The molecular weight excluding hydrogens is 493 g/mol. The Morgan fingerprint density at radius 3 is 2.61 bits per heavy atom. The van der Waals surface area contributed by atoms with Gasteiger partial charge in [-0.3, -0.25) is 0 Å². The van der Waals surface area contributed by atoms with Gasteiger partial charge in [0.1, 0.15) is 0 Å². The number of halogens is 1. The van der Waals surface area contributed by atoms with E-state index in [1.807, 2.05) is 18.2 Å². The number of ketones is 1. The summed E-state index contributed by atoms with van der Waals surface area (Å²) < 4.78 is 24.7. The van der Waals surface area contributed by atoms with Crippen LogP contribution in [0.1, 0.15) is 13.8 Å². The van der Waals surface area contributed by atoms with Gasteiger partial charge < -0.3 is 0 Å². The Labute approximate surface area is 190 Å². The second-order valence-electron chi connectivity index (χ2n) is 8.85. The average Bonchev–Trinajstić information content (AvgIpc) is 3.49. The Balaban J connectivity index is 1.21. The zero-order valence-electron chi connectivity index (χ0n) is 16.8. The predicted octanol–water partition coefficient (Wildman–Crippen LogP) is 0.370. The van der Waals surface area contributed by atoms with E-state index in [0.29, 0.717) is 0 Å². The summed E-state index contributed by atoms with van der Waals surface area (Å²) in [6, 6.07) is 10.0. The first-order valence-electron chi connectivity index (χ1n) is 10.3. The Morgan fingerprint density at radius 1 is 1.10 bits per heavy atom. The van der Waals surface area contributed by atoms with E-state index in [2.05, 4.69) is 17.3 Å². The minimum atomic E-state index is -1.18. The molecule has 0 spiro atoms. The number of carbonyl (C=O) groups is 1. The number of ether oxygens (including phenoxy) is 4. The fraction of sp³-hybridized carbons (Fsp3) is 0.619. The van der Waals surface area contributed by atoms with Gasteiger partial charge in [-0.15, -0.1) is 0 Å². The van der Waals surface area contributed by atoms with Crippen molar-refractivity contribution in [1.82, 2.24) is 0 Å². The molecule has 6 rings (SSSR count). The molecule has 1 aromatic carbocycles. The Kier molecular flexibility index (Phi) is 4.80. The van der Waals surface area contributed by atoms with Crippen molar-refractivity contribution >= 4 is 42.5 Å².